The highest BCUT2D eigenvalue weighted by Crippen LogP contribution is 2.52. The summed E-state index contributed by atoms with van der Waals surface area (Å²) in [5, 5.41) is 0. The van der Waals surface area contributed by atoms with Gasteiger partial charge in [0, 0.05) is 25.0 Å². The summed E-state index contributed by atoms with van der Waals surface area (Å²) in [5.41, 5.74) is 3.07. The molecule has 22 heavy (non-hydrogen) atoms. The molecular weight excluding hydrogens is 297 g/mol. The van der Waals surface area contributed by atoms with Crippen molar-refractivity contribution in [2.45, 2.75) is 24.8 Å². The van der Waals surface area contributed by atoms with E-state index in [9.17, 15) is 4.39 Å². The van der Waals surface area contributed by atoms with E-state index in [1.165, 1.54) is 30.5 Å². The lowest BCUT2D eigenvalue weighted by Crippen LogP contribution is -2.58. The van der Waals surface area contributed by atoms with Crippen molar-refractivity contribution in [3.63, 3.8) is 0 Å². The summed E-state index contributed by atoms with van der Waals surface area (Å²) >= 11 is 0. The standard InChI is InChI=1S/C19H20FN.ClH/c20-18-8-6-15(7-9-18)12-21-13-16-10-19(11-16,14-21)17-4-2-1-3-5-17;/h1-9,16H,10-14H2;1H. The fourth-order valence-electron chi connectivity index (χ4n) is 4.25. The molecule has 0 unspecified atom stereocenters. The van der Waals surface area contributed by atoms with Gasteiger partial charge < -0.3 is 0 Å². The van der Waals surface area contributed by atoms with E-state index >= 15 is 0 Å². The molecule has 1 nitrogen and oxygen atoms in total. The Hall–Kier alpha value is -1.38. The molecule has 0 radical (unpaired) electrons. The Morgan fingerprint density at radius 2 is 1.68 bits per heavy atom. The van der Waals surface area contributed by atoms with Gasteiger partial charge in [-0.05, 0) is 42.0 Å². The number of nitrogens with zero attached hydrogens (tertiary/aromatic N) is 1. The minimum atomic E-state index is -0.152. The van der Waals surface area contributed by atoms with Crippen molar-refractivity contribution in [2.24, 2.45) is 5.92 Å². The van der Waals surface area contributed by atoms with Crippen molar-refractivity contribution in [2.75, 3.05) is 13.1 Å². The fourth-order valence-corrected chi connectivity index (χ4v) is 4.25. The van der Waals surface area contributed by atoms with Crippen LogP contribution in [0.25, 0.3) is 0 Å². The second-order valence-corrected chi connectivity index (χ2v) is 6.72. The summed E-state index contributed by atoms with van der Waals surface area (Å²) in [4.78, 5) is 2.54. The summed E-state index contributed by atoms with van der Waals surface area (Å²) in [6, 6.07) is 17.9. The lowest BCUT2D eigenvalue weighted by atomic mass is 9.56. The first-order valence-corrected chi connectivity index (χ1v) is 7.76. The number of hydrogen-bond acceptors (Lipinski definition) is 1. The van der Waals surface area contributed by atoms with Crippen LogP contribution >= 0.6 is 12.4 Å². The lowest BCUT2D eigenvalue weighted by Gasteiger charge is -2.57. The number of piperidine rings is 2. The third-order valence-electron chi connectivity index (χ3n) is 5.11. The van der Waals surface area contributed by atoms with Crippen molar-refractivity contribution >= 4 is 12.4 Å². The zero-order valence-corrected chi connectivity index (χ0v) is 13.4. The highest BCUT2D eigenvalue weighted by Gasteiger charge is 2.50. The van der Waals surface area contributed by atoms with E-state index < -0.39 is 0 Å². The Labute approximate surface area is 137 Å². The van der Waals surface area contributed by atoms with E-state index in [2.05, 4.69) is 35.2 Å². The van der Waals surface area contributed by atoms with Gasteiger partial charge in [0.15, 0.2) is 0 Å². The first kappa shape index (κ1) is 15.5. The number of hydrogen-bond donors (Lipinski definition) is 0. The van der Waals surface area contributed by atoms with Crippen molar-refractivity contribution in [3.05, 3.63) is 71.5 Å². The number of benzene rings is 2. The topological polar surface area (TPSA) is 3.24 Å². The zero-order chi connectivity index (χ0) is 14.3. The molecule has 3 heteroatoms. The molecule has 1 saturated carbocycles. The first-order chi connectivity index (χ1) is 10.2. The predicted molar refractivity (Wildman–Crippen MR) is 89.8 cm³/mol. The summed E-state index contributed by atoms with van der Waals surface area (Å²) in [5.74, 6) is 0.681. The Kier molecular flexibility index (Phi) is 4.24. The second kappa shape index (κ2) is 6.02. The SMILES string of the molecule is Cl.Fc1ccc(CN2CC3CC(c4ccccc4)(C3)C2)cc1. The maximum Gasteiger partial charge on any atom is 0.123 e. The molecule has 0 spiro atoms. The van der Waals surface area contributed by atoms with Crippen LogP contribution in [0.1, 0.15) is 24.0 Å². The molecule has 3 fully saturated rings. The van der Waals surface area contributed by atoms with Crippen LogP contribution < -0.4 is 0 Å². The van der Waals surface area contributed by atoms with Crippen molar-refractivity contribution in [1.29, 1.82) is 0 Å². The fraction of sp³-hybridized carbons (Fsp3) is 0.368. The summed E-state index contributed by atoms with van der Waals surface area (Å²) < 4.78 is 13.0. The highest BCUT2D eigenvalue weighted by atomic mass is 35.5. The first-order valence-electron chi connectivity index (χ1n) is 7.76. The number of fused-ring (bicyclic) bond motifs is 2. The van der Waals surface area contributed by atoms with Gasteiger partial charge >= 0.3 is 0 Å². The zero-order valence-electron chi connectivity index (χ0n) is 12.5. The Bertz CT molecular complexity index is 620. The lowest BCUT2D eigenvalue weighted by molar-refractivity contribution is -0.00802. The van der Waals surface area contributed by atoms with Gasteiger partial charge in [0.25, 0.3) is 0 Å². The van der Waals surface area contributed by atoms with Gasteiger partial charge in [-0.15, -0.1) is 12.4 Å². The van der Waals surface area contributed by atoms with Crippen LogP contribution in [-0.4, -0.2) is 18.0 Å². The molecular formula is C19H21ClFN. The molecule has 2 aliphatic heterocycles. The third kappa shape index (κ3) is 2.78. The highest BCUT2D eigenvalue weighted by molar-refractivity contribution is 5.85. The predicted octanol–water partition coefficient (Wildman–Crippen LogP) is 4.41. The molecule has 2 heterocycles. The van der Waals surface area contributed by atoms with Crippen molar-refractivity contribution in [1.82, 2.24) is 4.90 Å². The molecule has 5 rings (SSSR count). The molecule has 2 saturated heterocycles. The second-order valence-electron chi connectivity index (χ2n) is 6.72. The molecule has 1 aliphatic carbocycles. The van der Waals surface area contributed by atoms with E-state index in [0.717, 1.165) is 19.0 Å². The number of rotatable bonds is 3. The molecule has 2 aromatic carbocycles. The monoisotopic (exact) mass is 317 g/mol. The van der Waals surface area contributed by atoms with Gasteiger partial charge in [0.05, 0.1) is 0 Å². The van der Waals surface area contributed by atoms with Crippen LogP contribution in [0.15, 0.2) is 54.6 Å². The van der Waals surface area contributed by atoms with Crippen LogP contribution in [0.4, 0.5) is 4.39 Å². The third-order valence-corrected chi connectivity index (χ3v) is 5.11. The van der Waals surface area contributed by atoms with E-state index in [1.54, 1.807) is 12.1 Å². The Balaban J connectivity index is 0.00000144. The van der Waals surface area contributed by atoms with Crippen LogP contribution in [-0.2, 0) is 12.0 Å². The number of halogens is 2. The minimum absolute atomic E-state index is 0. The Morgan fingerprint density at radius 1 is 1.00 bits per heavy atom. The minimum Gasteiger partial charge on any atom is -0.298 e. The molecule has 0 atom stereocenters. The van der Waals surface area contributed by atoms with Gasteiger partial charge in [0.2, 0.25) is 0 Å². The molecule has 0 aromatic heterocycles. The molecule has 116 valence electrons. The summed E-state index contributed by atoms with van der Waals surface area (Å²) in [6.45, 7) is 3.25. The molecule has 3 aliphatic rings. The van der Waals surface area contributed by atoms with Gasteiger partial charge in [-0.25, -0.2) is 4.39 Å². The van der Waals surface area contributed by atoms with E-state index in [4.69, 9.17) is 0 Å². The van der Waals surface area contributed by atoms with E-state index in [1.807, 2.05) is 12.1 Å². The van der Waals surface area contributed by atoms with E-state index in [-0.39, 0.29) is 18.2 Å². The van der Waals surface area contributed by atoms with Crippen molar-refractivity contribution < 1.29 is 4.39 Å². The Morgan fingerprint density at radius 3 is 2.36 bits per heavy atom. The smallest absolute Gasteiger partial charge is 0.123 e. The van der Waals surface area contributed by atoms with Crippen LogP contribution in [0, 0.1) is 11.7 Å². The van der Waals surface area contributed by atoms with E-state index in [0.29, 0.717) is 5.41 Å². The quantitative estimate of drug-likeness (QED) is 0.810. The van der Waals surface area contributed by atoms with Crippen molar-refractivity contribution in [3.8, 4) is 0 Å². The molecule has 2 aromatic rings. The van der Waals surface area contributed by atoms with Crippen LogP contribution in [0.3, 0.4) is 0 Å². The van der Waals surface area contributed by atoms with Gasteiger partial charge in [-0.2, -0.15) is 0 Å². The molecule has 0 N–H and O–H groups in total. The van der Waals surface area contributed by atoms with Crippen LogP contribution in [0.5, 0.6) is 0 Å². The van der Waals surface area contributed by atoms with Crippen LogP contribution in [0.2, 0.25) is 0 Å². The van der Waals surface area contributed by atoms with Gasteiger partial charge in [-0.3, -0.25) is 4.90 Å². The normalized spacial score (nSPS) is 26.9. The summed E-state index contributed by atoms with van der Waals surface area (Å²) in [7, 11) is 0. The molecule has 2 bridgehead atoms. The largest absolute Gasteiger partial charge is 0.298 e. The summed E-state index contributed by atoms with van der Waals surface area (Å²) in [6.07, 6.45) is 2.66. The maximum absolute atomic E-state index is 13.0. The van der Waals surface area contributed by atoms with Gasteiger partial charge in [-0.1, -0.05) is 42.5 Å². The average molecular weight is 318 g/mol. The van der Waals surface area contributed by atoms with Gasteiger partial charge in [0.1, 0.15) is 5.82 Å². The maximum atomic E-state index is 13.0. The molecule has 0 amide bonds. The average Bonchev–Trinajstić information content (AvgIpc) is 2.50.